The summed E-state index contributed by atoms with van der Waals surface area (Å²) in [5.41, 5.74) is 1.70. The molecule has 3 nitrogen and oxygen atoms in total. The van der Waals surface area contributed by atoms with Crippen molar-refractivity contribution in [2.24, 2.45) is 0 Å². The molecule has 84 valence electrons. The number of hydrogen-bond acceptors (Lipinski definition) is 2. The van der Waals surface area contributed by atoms with Crippen LogP contribution in [-0.4, -0.2) is 20.3 Å². The molecule has 6 heteroatoms. The normalized spacial score (nSPS) is 10.7. The highest BCUT2D eigenvalue weighted by Gasteiger charge is 2.06. The smallest absolute Gasteiger partial charge is 0.0850 e. The summed E-state index contributed by atoms with van der Waals surface area (Å²) in [4.78, 5) is 0. The van der Waals surface area contributed by atoms with E-state index in [1.165, 1.54) is 0 Å². The van der Waals surface area contributed by atoms with E-state index in [1.807, 2.05) is 12.3 Å². The van der Waals surface area contributed by atoms with Gasteiger partial charge in [-0.15, -0.1) is 5.10 Å². The fourth-order valence-electron chi connectivity index (χ4n) is 1.29. The lowest BCUT2D eigenvalue weighted by Crippen LogP contribution is -1.95. The number of halogens is 3. The number of benzene rings is 1. The summed E-state index contributed by atoms with van der Waals surface area (Å²) in [5.74, 6) is 0. The second-order valence-electron chi connectivity index (χ2n) is 3.19. The van der Waals surface area contributed by atoms with Crippen molar-refractivity contribution in [3.63, 3.8) is 0 Å². The van der Waals surface area contributed by atoms with E-state index in [1.54, 1.807) is 16.8 Å². The van der Waals surface area contributed by atoms with Crippen LogP contribution in [-0.2, 0) is 6.42 Å². The van der Waals surface area contributed by atoms with Crippen molar-refractivity contribution < 1.29 is 0 Å². The predicted molar refractivity (Wildman–Crippen MR) is 68.9 cm³/mol. The van der Waals surface area contributed by atoms with Gasteiger partial charge in [0.15, 0.2) is 0 Å². The van der Waals surface area contributed by atoms with Crippen LogP contribution >= 0.6 is 39.1 Å². The molecule has 0 saturated heterocycles. The molecular weight excluding hydrogens is 313 g/mol. The van der Waals surface area contributed by atoms with Gasteiger partial charge in [-0.05, 0) is 18.2 Å². The molecule has 1 aromatic heterocycles. The minimum absolute atomic E-state index is 0.558. The summed E-state index contributed by atoms with van der Waals surface area (Å²) < 4.78 is 1.65. The van der Waals surface area contributed by atoms with Crippen LogP contribution in [0.2, 0.25) is 10.0 Å². The van der Waals surface area contributed by atoms with E-state index in [4.69, 9.17) is 23.2 Å². The third kappa shape index (κ3) is 2.56. The zero-order valence-corrected chi connectivity index (χ0v) is 11.3. The lowest BCUT2D eigenvalue weighted by Gasteiger charge is -2.02. The summed E-state index contributed by atoms with van der Waals surface area (Å²) in [6.07, 6.45) is 2.70. The lowest BCUT2D eigenvalue weighted by atomic mass is 10.3. The van der Waals surface area contributed by atoms with Gasteiger partial charge in [0, 0.05) is 16.8 Å². The largest absolute Gasteiger partial charge is 0.219 e. The Morgan fingerprint density at radius 3 is 2.81 bits per heavy atom. The molecule has 0 aliphatic heterocycles. The van der Waals surface area contributed by atoms with Crippen LogP contribution in [0.4, 0.5) is 0 Å². The first kappa shape index (κ1) is 11.9. The number of nitrogens with zero attached hydrogens (tertiary/aromatic N) is 3. The van der Waals surface area contributed by atoms with E-state index in [2.05, 4.69) is 26.2 Å². The number of hydrogen-bond donors (Lipinski definition) is 0. The summed E-state index contributed by atoms with van der Waals surface area (Å²) in [7, 11) is 0. The molecule has 0 N–H and O–H groups in total. The van der Waals surface area contributed by atoms with Gasteiger partial charge in [-0.3, -0.25) is 0 Å². The molecule has 1 heterocycles. The Hall–Kier alpha value is -0.580. The molecule has 1 aromatic carbocycles. The average Bonchev–Trinajstić information content (AvgIpc) is 2.67. The third-order valence-electron chi connectivity index (χ3n) is 2.05. The monoisotopic (exact) mass is 319 g/mol. The molecule has 0 atom stereocenters. The highest BCUT2D eigenvalue weighted by Crippen LogP contribution is 2.23. The Balaban J connectivity index is 2.35. The molecule has 2 rings (SSSR count). The minimum atomic E-state index is 0.558. The van der Waals surface area contributed by atoms with Crippen LogP contribution in [0.15, 0.2) is 24.4 Å². The third-order valence-corrected chi connectivity index (χ3v) is 2.98. The Kier molecular flexibility index (Phi) is 3.84. The molecular formula is C10H8BrCl2N3. The fraction of sp³-hybridized carbons (Fsp3) is 0.200. The molecule has 0 amide bonds. The van der Waals surface area contributed by atoms with Crippen molar-refractivity contribution in [3.05, 3.63) is 40.1 Å². The van der Waals surface area contributed by atoms with Crippen molar-refractivity contribution in [2.45, 2.75) is 6.42 Å². The Bertz CT molecular complexity index is 499. The van der Waals surface area contributed by atoms with E-state index in [-0.39, 0.29) is 0 Å². The highest BCUT2D eigenvalue weighted by atomic mass is 79.9. The van der Waals surface area contributed by atoms with Gasteiger partial charge in [-0.2, -0.15) is 0 Å². The van der Waals surface area contributed by atoms with Crippen LogP contribution in [0.1, 0.15) is 5.69 Å². The Morgan fingerprint density at radius 2 is 2.12 bits per heavy atom. The average molecular weight is 321 g/mol. The van der Waals surface area contributed by atoms with Gasteiger partial charge in [-0.1, -0.05) is 44.3 Å². The van der Waals surface area contributed by atoms with Gasteiger partial charge in [-0.25, -0.2) is 4.68 Å². The number of aromatic nitrogens is 3. The SMILES string of the molecule is Clc1ccc(-n2cc(CCBr)nn2)c(Cl)c1. The van der Waals surface area contributed by atoms with Gasteiger partial charge < -0.3 is 0 Å². The second-order valence-corrected chi connectivity index (χ2v) is 4.83. The van der Waals surface area contributed by atoms with Crippen LogP contribution < -0.4 is 0 Å². The van der Waals surface area contributed by atoms with Crippen LogP contribution in [0, 0.1) is 0 Å². The fourth-order valence-corrected chi connectivity index (χ4v) is 2.20. The van der Waals surface area contributed by atoms with Crippen molar-refractivity contribution >= 4 is 39.1 Å². The quantitative estimate of drug-likeness (QED) is 0.810. The highest BCUT2D eigenvalue weighted by molar-refractivity contribution is 9.09. The number of aryl methyl sites for hydroxylation is 1. The number of rotatable bonds is 3. The maximum atomic E-state index is 6.07. The zero-order chi connectivity index (χ0) is 11.5. The maximum Gasteiger partial charge on any atom is 0.0850 e. The Morgan fingerprint density at radius 1 is 1.31 bits per heavy atom. The van der Waals surface area contributed by atoms with Gasteiger partial charge in [0.05, 0.1) is 22.6 Å². The lowest BCUT2D eigenvalue weighted by molar-refractivity contribution is 0.798. The molecule has 0 aliphatic rings. The molecule has 0 fully saturated rings. The molecule has 16 heavy (non-hydrogen) atoms. The van der Waals surface area contributed by atoms with Crippen molar-refractivity contribution in [3.8, 4) is 5.69 Å². The molecule has 2 aromatic rings. The topological polar surface area (TPSA) is 30.7 Å². The first-order valence-electron chi connectivity index (χ1n) is 4.63. The van der Waals surface area contributed by atoms with E-state index >= 15 is 0 Å². The van der Waals surface area contributed by atoms with Crippen molar-refractivity contribution in [2.75, 3.05) is 5.33 Å². The van der Waals surface area contributed by atoms with Crippen LogP contribution in [0.3, 0.4) is 0 Å². The summed E-state index contributed by atoms with van der Waals surface area (Å²) in [5, 5.41) is 10.1. The first-order chi connectivity index (χ1) is 7.70. The van der Waals surface area contributed by atoms with E-state index in [0.717, 1.165) is 23.1 Å². The molecule has 0 radical (unpaired) electrons. The van der Waals surface area contributed by atoms with Crippen molar-refractivity contribution in [1.29, 1.82) is 0 Å². The van der Waals surface area contributed by atoms with Crippen LogP contribution in [0.25, 0.3) is 5.69 Å². The molecule has 0 bridgehead atoms. The molecule has 0 saturated carbocycles. The first-order valence-corrected chi connectivity index (χ1v) is 6.51. The van der Waals surface area contributed by atoms with E-state index < -0.39 is 0 Å². The predicted octanol–water partition coefficient (Wildman–Crippen LogP) is 3.51. The molecule has 0 unspecified atom stereocenters. The van der Waals surface area contributed by atoms with Gasteiger partial charge in [0.25, 0.3) is 0 Å². The van der Waals surface area contributed by atoms with E-state index in [0.29, 0.717) is 10.0 Å². The maximum absolute atomic E-state index is 6.07. The van der Waals surface area contributed by atoms with Gasteiger partial charge >= 0.3 is 0 Å². The van der Waals surface area contributed by atoms with Gasteiger partial charge in [0.1, 0.15) is 0 Å². The van der Waals surface area contributed by atoms with Crippen molar-refractivity contribution in [1.82, 2.24) is 15.0 Å². The van der Waals surface area contributed by atoms with Gasteiger partial charge in [0.2, 0.25) is 0 Å². The molecule has 0 aliphatic carbocycles. The number of alkyl halides is 1. The minimum Gasteiger partial charge on any atom is -0.219 e. The summed E-state index contributed by atoms with van der Waals surface area (Å²) in [6, 6.07) is 5.27. The summed E-state index contributed by atoms with van der Waals surface area (Å²) in [6.45, 7) is 0. The molecule has 0 spiro atoms. The zero-order valence-electron chi connectivity index (χ0n) is 8.20. The second kappa shape index (κ2) is 5.17. The Labute approximate surface area is 111 Å². The summed E-state index contributed by atoms with van der Waals surface area (Å²) >= 11 is 15.2. The van der Waals surface area contributed by atoms with Crippen LogP contribution in [0.5, 0.6) is 0 Å². The standard InChI is InChI=1S/C10H8BrCl2N3/c11-4-3-8-6-16(15-14-8)10-2-1-7(12)5-9(10)13/h1-2,5-6H,3-4H2. The van der Waals surface area contributed by atoms with E-state index in [9.17, 15) is 0 Å².